The maximum atomic E-state index is 6.17. The lowest BCUT2D eigenvalue weighted by atomic mass is 9.89. The Morgan fingerprint density at radius 1 is 1.32 bits per heavy atom. The standard InChI is InChI=1S/C14H13BrClNS.ClH/c1-17-7-12(9-2-4-10(15)5-3-9)11-6-14(16)18-13(11)8-17;/h2-6,12H,7-8H2,1H3;1H. The van der Waals surface area contributed by atoms with Gasteiger partial charge in [-0.3, -0.25) is 0 Å². The lowest BCUT2D eigenvalue weighted by molar-refractivity contribution is 0.299. The molecule has 0 saturated heterocycles. The van der Waals surface area contributed by atoms with E-state index in [9.17, 15) is 0 Å². The molecular formula is C14H14BrCl2NS. The fourth-order valence-corrected chi connectivity index (χ4v) is 4.21. The molecule has 2 heterocycles. The molecule has 0 aliphatic carbocycles. The molecule has 1 nitrogen and oxygen atoms in total. The van der Waals surface area contributed by atoms with Gasteiger partial charge < -0.3 is 4.90 Å². The fourth-order valence-electron chi connectivity index (χ4n) is 2.53. The third kappa shape index (κ3) is 3.17. The molecule has 0 N–H and O–H groups in total. The molecule has 0 fully saturated rings. The number of fused-ring (bicyclic) bond motifs is 1. The predicted octanol–water partition coefficient (Wildman–Crippen LogP) is 5.16. The van der Waals surface area contributed by atoms with Gasteiger partial charge >= 0.3 is 0 Å². The molecule has 2 aromatic rings. The SMILES string of the molecule is CN1Cc2sc(Cl)cc2C(c2ccc(Br)cc2)C1.Cl. The van der Waals surface area contributed by atoms with Crippen LogP contribution < -0.4 is 0 Å². The third-order valence-corrected chi connectivity index (χ3v) is 5.16. The Labute approximate surface area is 137 Å². The molecule has 5 heteroatoms. The van der Waals surface area contributed by atoms with Gasteiger partial charge in [0.25, 0.3) is 0 Å². The van der Waals surface area contributed by atoms with Crippen LogP contribution in [0.25, 0.3) is 0 Å². The summed E-state index contributed by atoms with van der Waals surface area (Å²) >= 11 is 11.4. The Kier molecular flexibility index (Phi) is 4.96. The smallest absolute Gasteiger partial charge is 0.0934 e. The summed E-state index contributed by atoms with van der Waals surface area (Å²) in [4.78, 5) is 3.77. The van der Waals surface area contributed by atoms with Crippen molar-refractivity contribution in [1.82, 2.24) is 4.90 Å². The number of likely N-dealkylation sites (N-methyl/N-ethyl adjacent to an activating group) is 1. The van der Waals surface area contributed by atoms with Crippen molar-refractivity contribution in [3.05, 3.63) is 55.1 Å². The normalized spacial score (nSPS) is 18.8. The number of rotatable bonds is 1. The van der Waals surface area contributed by atoms with E-state index in [1.165, 1.54) is 16.0 Å². The first kappa shape index (κ1) is 15.3. The van der Waals surface area contributed by atoms with Gasteiger partial charge in [-0.05, 0) is 36.4 Å². The largest absolute Gasteiger partial charge is 0.300 e. The zero-order valence-electron chi connectivity index (χ0n) is 10.4. The molecule has 19 heavy (non-hydrogen) atoms. The molecule has 1 aliphatic heterocycles. The highest BCUT2D eigenvalue weighted by atomic mass is 79.9. The minimum Gasteiger partial charge on any atom is -0.300 e. The quantitative estimate of drug-likeness (QED) is 0.662. The van der Waals surface area contributed by atoms with Crippen molar-refractivity contribution in [2.45, 2.75) is 12.5 Å². The Hall–Kier alpha value is -0.0600. The second kappa shape index (κ2) is 6.15. The molecular weight excluding hydrogens is 365 g/mol. The van der Waals surface area contributed by atoms with E-state index in [4.69, 9.17) is 11.6 Å². The topological polar surface area (TPSA) is 3.24 Å². The van der Waals surface area contributed by atoms with E-state index in [-0.39, 0.29) is 12.4 Å². The molecule has 0 saturated carbocycles. The van der Waals surface area contributed by atoms with Crippen molar-refractivity contribution in [3.63, 3.8) is 0 Å². The highest BCUT2D eigenvalue weighted by molar-refractivity contribution is 9.10. The van der Waals surface area contributed by atoms with E-state index < -0.39 is 0 Å². The van der Waals surface area contributed by atoms with Crippen LogP contribution in [-0.4, -0.2) is 18.5 Å². The van der Waals surface area contributed by atoms with E-state index in [1.807, 2.05) is 0 Å². The van der Waals surface area contributed by atoms with Gasteiger partial charge in [0, 0.05) is 28.4 Å². The summed E-state index contributed by atoms with van der Waals surface area (Å²) in [5.74, 6) is 0.440. The van der Waals surface area contributed by atoms with E-state index in [0.29, 0.717) is 5.92 Å². The van der Waals surface area contributed by atoms with Gasteiger partial charge in [0.1, 0.15) is 0 Å². The highest BCUT2D eigenvalue weighted by Gasteiger charge is 2.26. The zero-order chi connectivity index (χ0) is 12.7. The van der Waals surface area contributed by atoms with Gasteiger partial charge in [0.05, 0.1) is 4.34 Å². The van der Waals surface area contributed by atoms with E-state index >= 15 is 0 Å². The van der Waals surface area contributed by atoms with Crippen LogP contribution in [0.3, 0.4) is 0 Å². The Morgan fingerprint density at radius 2 is 2.00 bits per heavy atom. The highest BCUT2D eigenvalue weighted by Crippen LogP contribution is 2.39. The number of thiophene rings is 1. The molecule has 1 aromatic heterocycles. The maximum absolute atomic E-state index is 6.17. The first-order chi connectivity index (χ1) is 8.63. The van der Waals surface area contributed by atoms with Crippen molar-refractivity contribution in [3.8, 4) is 0 Å². The maximum Gasteiger partial charge on any atom is 0.0934 e. The van der Waals surface area contributed by atoms with Crippen molar-refractivity contribution in [2.75, 3.05) is 13.6 Å². The average Bonchev–Trinajstić information content (AvgIpc) is 2.69. The van der Waals surface area contributed by atoms with Crippen molar-refractivity contribution in [2.24, 2.45) is 0 Å². The van der Waals surface area contributed by atoms with Crippen LogP contribution in [0.15, 0.2) is 34.8 Å². The number of halogens is 3. The summed E-state index contributed by atoms with van der Waals surface area (Å²) in [6, 6.07) is 10.8. The van der Waals surface area contributed by atoms with Gasteiger partial charge in [0.15, 0.2) is 0 Å². The molecule has 1 aromatic carbocycles. The van der Waals surface area contributed by atoms with E-state index in [1.54, 1.807) is 11.3 Å². The molecule has 3 rings (SSSR count). The van der Waals surface area contributed by atoms with Crippen LogP contribution in [0, 0.1) is 0 Å². The summed E-state index contributed by atoms with van der Waals surface area (Å²) in [7, 11) is 2.17. The lowest BCUT2D eigenvalue weighted by Gasteiger charge is -2.30. The second-order valence-corrected chi connectivity index (χ2v) is 7.41. The minimum atomic E-state index is 0. The molecule has 0 amide bonds. The molecule has 1 atom stereocenters. The molecule has 0 bridgehead atoms. The zero-order valence-corrected chi connectivity index (χ0v) is 14.4. The summed E-state index contributed by atoms with van der Waals surface area (Å²) in [6.45, 7) is 2.07. The van der Waals surface area contributed by atoms with E-state index in [0.717, 1.165) is 21.9 Å². The first-order valence-corrected chi connectivity index (χ1v) is 7.84. The van der Waals surface area contributed by atoms with Crippen LogP contribution in [0.1, 0.15) is 21.9 Å². The first-order valence-electron chi connectivity index (χ1n) is 5.85. The van der Waals surface area contributed by atoms with Gasteiger partial charge in [-0.15, -0.1) is 23.7 Å². The monoisotopic (exact) mass is 377 g/mol. The van der Waals surface area contributed by atoms with Crippen LogP contribution >= 0.6 is 51.3 Å². The van der Waals surface area contributed by atoms with Crippen LogP contribution in [0.2, 0.25) is 4.34 Å². The molecule has 1 unspecified atom stereocenters. The van der Waals surface area contributed by atoms with Crippen molar-refractivity contribution < 1.29 is 0 Å². The summed E-state index contributed by atoms with van der Waals surface area (Å²) in [5, 5.41) is 0. The molecule has 0 radical (unpaired) electrons. The number of nitrogens with zero attached hydrogens (tertiary/aromatic N) is 1. The summed E-state index contributed by atoms with van der Waals surface area (Å²) < 4.78 is 2.02. The van der Waals surface area contributed by atoms with E-state index in [2.05, 4.69) is 58.2 Å². The predicted molar refractivity (Wildman–Crippen MR) is 88.9 cm³/mol. The molecule has 1 aliphatic rings. The molecule has 0 spiro atoms. The summed E-state index contributed by atoms with van der Waals surface area (Å²) in [6.07, 6.45) is 0. The van der Waals surface area contributed by atoms with Crippen molar-refractivity contribution >= 4 is 51.3 Å². The lowest BCUT2D eigenvalue weighted by Crippen LogP contribution is -2.29. The average molecular weight is 379 g/mol. The molecule has 102 valence electrons. The second-order valence-electron chi connectivity index (χ2n) is 4.73. The van der Waals surface area contributed by atoms with Crippen LogP contribution in [0.4, 0.5) is 0 Å². The number of hydrogen-bond acceptors (Lipinski definition) is 2. The van der Waals surface area contributed by atoms with Crippen LogP contribution in [0.5, 0.6) is 0 Å². The Morgan fingerprint density at radius 3 is 2.68 bits per heavy atom. The van der Waals surface area contributed by atoms with Gasteiger partial charge in [0.2, 0.25) is 0 Å². The summed E-state index contributed by atoms with van der Waals surface area (Å²) in [5.41, 5.74) is 2.77. The van der Waals surface area contributed by atoms with Crippen molar-refractivity contribution in [1.29, 1.82) is 0 Å². The number of hydrogen-bond donors (Lipinski definition) is 0. The Balaban J connectivity index is 0.00000133. The minimum absolute atomic E-state index is 0. The Bertz CT molecular complexity index is 567. The third-order valence-electron chi connectivity index (χ3n) is 3.37. The van der Waals surface area contributed by atoms with Gasteiger partial charge in [-0.25, -0.2) is 0 Å². The van der Waals surface area contributed by atoms with Crippen LogP contribution in [-0.2, 0) is 6.54 Å². The fraction of sp³-hybridized carbons (Fsp3) is 0.286. The van der Waals surface area contributed by atoms with Gasteiger partial charge in [-0.2, -0.15) is 0 Å². The number of benzene rings is 1. The van der Waals surface area contributed by atoms with Gasteiger partial charge in [-0.1, -0.05) is 39.7 Å².